The van der Waals surface area contributed by atoms with Crippen molar-refractivity contribution in [3.63, 3.8) is 0 Å². The third-order valence-electron chi connectivity index (χ3n) is 3.50. The molecule has 1 saturated heterocycles. The van der Waals surface area contributed by atoms with Crippen LogP contribution in [0.5, 0.6) is 0 Å². The number of hydrogen-bond donors (Lipinski definition) is 2. The van der Waals surface area contributed by atoms with E-state index in [0.29, 0.717) is 17.9 Å². The Hall–Kier alpha value is -2.66. The van der Waals surface area contributed by atoms with Crippen LogP contribution in [-0.2, 0) is 4.79 Å². The van der Waals surface area contributed by atoms with Crippen LogP contribution in [0.15, 0.2) is 18.3 Å². The van der Waals surface area contributed by atoms with Crippen LogP contribution in [-0.4, -0.2) is 54.5 Å². The largest absolute Gasteiger partial charge is 0.353 e. The van der Waals surface area contributed by atoms with E-state index < -0.39 is 6.03 Å². The van der Waals surface area contributed by atoms with Crippen LogP contribution in [0.25, 0.3) is 0 Å². The summed E-state index contributed by atoms with van der Waals surface area (Å²) in [6, 6.07) is 4.82. The number of rotatable bonds is 4. The quantitative estimate of drug-likeness (QED) is 0.786. The number of urea groups is 1. The van der Waals surface area contributed by atoms with E-state index in [1.807, 2.05) is 5.32 Å². The first-order valence-electron chi connectivity index (χ1n) is 7.02. The fraction of sp³-hybridized carbons (Fsp3) is 0.429. The monoisotopic (exact) mass is 302 g/mol. The second-order valence-electron chi connectivity index (χ2n) is 4.98. The summed E-state index contributed by atoms with van der Waals surface area (Å²) in [5.41, 5.74) is 5.45. The number of aromatic nitrogens is 1. The van der Waals surface area contributed by atoms with Crippen molar-refractivity contribution in [3.8, 4) is 6.07 Å². The third kappa shape index (κ3) is 4.17. The van der Waals surface area contributed by atoms with Crippen LogP contribution in [0.1, 0.15) is 12.0 Å². The Morgan fingerprint density at radius 2 is 2.09 bits per heavy atom. The Morgan fingerprint density at radius 1 is 1.36 bits per heavy atom. The maximum Gasteiger partial charge on any atom is 0.318 e. The van der Waals surface area contributed by atoms with Crippen LogP contribution >= 0.6 is 0 Å². The lowest BCUT2D eigenvalue weighted by atomic mass is 10.2. The van der Waals surface area contributed by atoms with Crippen LogP contribution in [0.2, 0.25) is 0 Å². The number of amides is 3. The fourth-order valence-electron chi connectivity index (χ4n) is 2.38. The zero-order chi connectivity index (χ0) is 15.9. The van der Waals surface area contributed by atoms with Gasteiger partial charge in [0.05, 0.1) is 5.56 Å². The molecule has 8 nitrogen and oxygen atoms in total. The molecule has 0 aromatic carbocycles. The van der Waals surface area contributed by atoms with Gasteiger partial charge in [0.1, 0.15) is 11.9 Å². The molecule has 1 aliphatic heterocycles. The fourth-order valence-corrected chi connectivity index (χ4v) is 2.38. The highest BCUT2D eigenvalue weighted by Gasteiger charge is 2.20. The van der Waals surface area contributed by atoms with Gasteiger partial charge in [-0.15, -0.1) is 0 Å². The van der Waals surface area contributed by atoms with E-state index in [4.69, 9.17) is 11.0 Å². The summed E-state index contributed by atoms with van der Waals surface area (Å²) in [4.78, 5) is 30.4. The van der Waals surface area contributed by atoms with Crippen LogP contribution in [0, 0.1) is 11.3 Å². The van der Waals surface area contributed by atoms with Crippen molar-refractivity contribution >= 4 is 17.8 Å². The first-order valence-corrected chi connectivity index (χ1v) is 7.02. The number of nitrogens with one attached hydrogen (secondary N) is 1. The van der Waals surface area contributed by atoms with Gasteiger partial charge in [0, 0.05) is 45.3 Å². The standard InChI is InChI=1S/C14H18N6O2/c15-10-11-2-1-4-17-13(11)20-8-6-19(7-9-20)5-3-12(21)18-14(16)22/h1-2,4H,3,5-9H2,(H3,16,18,21,22). The van der Waals surface area contributed by atoms with Crippen molar-refractivity contribution in [3.05, 3.63) is 23.9 Å². The van der Waals surface area contributed by atoms with Crippen molar-refractivity contribution in [2.24, 2.45) is 5.73 Å². The molecule has 0 unspecified atom stereocenters. The molecular formula is C14H18N6O2. The van der Waals surface area contributed by atoms with Gasteiger partial charge in [-0.2, -0.15) is 5.26 Å². The molecule has 2 rings (SSSR count). The zero-order valence-electron chi connectivity index (χ0n) is 12.2. The number of nitrogens with two attached hydrogens (primary N) is 1. The Balaban J connectivity index is 1.82. The van der Waals surface area contributed by atoms with Gasteiger partial charge in [0.25, 0.3) is 0 Å². The third-order valence-corrected chi connectivity index (χ3v) is 3.50. The van der Waals surface area contributed by atoms with Crippen LogP contribution in [0.4, 0.5) is 10.6 Å². The van der Waals surface area contributed by atoms with E-state index >= 15 is 0 Å². The minimum Gasteiger partial charge on any atom is -0.353 e. The van der Waals surface area contributed by atoms with Crippen molar-refractivity contribution in [2.75, 3.05) is 37.6 Å². The number of carbonyl (C=O) groups is 2. The molecule has 8 heteroatoms. The predicted molar refractivity (Wildman–Crippen MR) is 79.9 cm³/mol. The van der Waals surface area contributed by atoms with Gasteiger partial charge in [-0.1, -0.05) is 0 Å². The molecule has 3 N–H and O–H groups in total. The first kappa shape index (κ1) is 15.7. The van der Waals surface area contributed by atoms with Crippen LogP contribution < -0.4 is 16.0 Å². The number of primary amides is 1. The molecule has 0 aliphatic carbocycles. The highest BCUT2D eigenvalue weighted by Crippen LogP contribution is 2.17. The number of nitriles is 1. The Morgan fingerprint density at radius 3 is 2.73 bits per heavy atom. The lowest BCUT2D eigenvalue weighted by Crippen LogP contribution is -2.48. The van der Waals surface area contributed by atoms with Crippen molar-refractivity contribution in [1.29, 1.82) is 5.26 Å². The van der Waals surface area contributed by atoms with Gasteiger partial charge >= 0.3 is 6.03 Å². The molecular weight excluding hydrogens is 284 g/mol. The summed E-state index contributed by atoms with van der Waals surface area (Å²) in [6.07, 6.45) is 1.91. The average Bonchev–Trinajstić information content (AvgIpc) is 2.53. The number of anilines is 1. The van der Waals surface area contributed by atoms with Crippen molar-refractivity contribution in [1.82, 2.24) is 15.2 Å². The van der Waals surface area contributed by atoms with E-state index in [1.54, 1.807) is 18.3 Å². The Kier molecular flexibility index (Phi) is 5.27. The highest BCUT2D eigenvalue weighted by atomic mass is 16.2. The maximum atomic E-state index is 11.4. The summed E-state index contributed by atoms with van der Waals surface area (Å²) >= 11 is 0. The highest BCUT2D eigenvalue weighted by molar-refractivity contribution is 5.93. The summed E-state index contributed by atoms with van der Waals surface area (Å²) < 4.78 is 0. The number of pyridine rings is 1. The molecule has 1 aromatic rings. The molecule has 1 aromatic heterocycles. The summed E-state index contributed by atoms with van der Waals surface area (Å²) in [7, 11) is 0. The second kappa shape index (κ2) is 7.38. The van der Waals surface area contributed by atoms with E-state index in [0.717, 1.165) is 26.2 Å². The first-order chi connectivity index (χ1) is 10.6. The molecule has 2 heterocycles. The number of imide groups is 1. The maximum absolute atomic E-state index is 11.4. The zero-order valence-corrected chi connectivity index (χ0v) is 12.2. The van der Waals surface area contributed by atoms with E-state index in [1.165, 1.54) is 0 Å². The average molecular weight is 302 g/mol. The molecule has 3 amide bonds. The number of piperazine rings is 1. The SMILES string of the molecule is N#Cc1cccnc1N1CCN(CCC(=O)NC(N)=O)CC1. The molecule has 0 spiro atoms. The summed E-state index contributed by atoms with van der Waals surface area (Å²) in [5, 5.41) is 11.2. The Bertz CT molecular complexity index is 589. The summed E-state index contributed by atoms with van der Waals surface area (Å²) in [6.45, 7) is 3.59. The molecule has 1 fully saturated rings. The topological polar surface area (TPSA) is 115 Å². The van der Waals surface area contributed by atoms with Gasteiger partial charge in [0.15, 0.2) is 0 Å². The van der Waals surface area contributed by atoms with Crippen molar-refractivity contribution in [2.45, 2.75) is 6.42 Å². The second-order valence-corrected chi connectivity index (χ2v) is 4.98. The lowest BCUT2D eigenvalue weighted by molar-refractivity contribution is -0.120. The molecule has 1 aliphatic rings. The molecule has 116 valence electrons. The molecule has 22 heavy (non-hydrogen) atoms. The minimum atomic E-state index is -0.825. The molecule has 0 bridgehead atoms. The van der Waals surface area contributed by atoms with Gasteiger partial charge in [-0.05, 0) is 12.1 Å². The predicted octanol–water partition coefficient (Wildman–Crippen LogP) is -0.340. The van der Waals surface area contributed by atoms with Crippen molar-refractivity contribution < 1.29 is 9.59 Å². The number of hydrogen-bond acceptors (Lipinski definition) is 6. The van der Waals surface area contributed by atoms with Gasteiger partial charge < -0.3 is 10.6 Å². The number of nitrogens with zero attached hydrogens (tertiary/aromatic N) is 4. The van der Waals surface area contributed by atoms with Gasteiger partial charge in [-0.3, -0.25) is 15.0 Å². The Labute approximate surface area is 128 Å². The number of carbonyl (C=O) groups excluding carboxylic acids is 2. The van der Waals surface area contributed by atoms with Gasteiger partial charge in [-0.25, -0.2) is 9.78 Å². The normalized spacial score (nSPS) is 15.1. The summed E-state index contributed by atoms with van der Waals surface area (Å²) in [5.74, 6) is 0.336. The molecule has 0 atom stereocenters. The minimum absolute atomic E-state index is 0.232. The van der Waals surface area contributed by atoms with Crippen LogP contribution in [0.3, 0.4) is 0 Å². The van der Waals surface area contributed by atoms with E-state index in [9.17, 15) is 9.59 Å². The van der Waals surface area contributed by atoms with E-state index in [-0.39, 0.29) is 12.3 Å². The lowest BCUT2D eigenvalue weighted by Gasteiger charge is -2.35. The van der Waals surface area contributed by atoms with Gasteiger partial charge in [0.2, 0.25) is 5.91 Å². The smallest absolute Gasteiger partial charge is 0.318 e. The molecule has 0 radical (unpaired) electrons. The molecule has 0 saturated carbocycles. The van der Waals surface area contributed by atoms with E-state index in [2.05, 4.69) is 20.9 Å².